The maximum absolute atomic E-state index is 11.8. The standard InChI is InChI=1S/C12H20N2OS/c1-3-12(2,9-13)14-11(15)8-10-4-6-16-7-5-10/h10H,3-8H2,1-2H3,(H,14,15). The first kappa shape index (κ1) is 13.4. The molecule has 1 amide bonds. The first-order valence-corrected chi connectivity index (χ1v) is 7.05. The lowest BCUT2D eigenvalue weighted by Crippen LogP contribution is -2.44. The van der Waals surface area contributed by atoms with E-state index >= 15 is 0 Å². The third kappa shape index (κ3) is 4.05. The van der Waals surface area contributed by atoms with Crippen molar-refractivity contribution in [2.75, 3.05) is 11.5 Å². The van der Waals surface area contributed by atoms with Gasteiger partial charge in [0.2, 0.25) is 5.91 Å². The molecule has 3 nitrogen and oxygen atoms in total. The molecule has 1 aliphatic heterocycles. The normalized spacial score (nSPS) is 20.8. The molecule has 90 valence electrons. The maximum Gasteiger partial charge on any atom is 0.221 e. The number of nitrogens with one attached hydrogen (secondary N) is 1. The number of carbonyl (C=O) groups is 1. The predicted molar refractivity (Wildman–Crippen MR) is 67.1 cm³/mol. The molecule has 1 aliphatic rings. The Morgan fingerprint density at radius 1 is 1.56 bits per heavy atom. The Bertz CT molecular complexity index is 281. The molecular weight excluding hydrogens is 220 g/mol. The molecule has 0 spiro atoms. The molecular formula is C12H20N2OS. The number of thioether (sulfide) groups is 1. The number of carbonyl (C=O) groups excluding carboxylic acids is 1. The second kappa shape index (κ2) is 6.15. The minimum atomic E-state index is -0.694. The van der Waals surface area contributed by atoms with Crippen LogP contribution in [-0.4, -0.2) is 23.0 Å². The Balaban J connectivity index is 2.38. The minimum Gasteiger partial charge on any atom is -0.338 e. The molecule has 0 radical (unpaired) electrons. The lowest BCUT2D eigenvalue weighted by Gasteiger charge is -2.25. The van der Waals surface area contributed by atoms with Gasteiger partial charge in [-0.1, -0.05) is 6.92 Å². The predicted octanol–water partition coefficient (Wildman–Crippen LogP) is 2.33. The van der Waals surface area contributed by atoms with Crippen LogP contribution in [0.25, 0.3) is 0 Å². The lowest BCUT2D eigenvalue weighted by atomic mass is 9.96. The van der Waals surface area contributed by atoms with Crippen molar-refractivity contribution >= 4 is 17.7 Å². The van der Waals surface area contributed by atoms with Gasteiger partial charge in [-0.3, -0.25) is 4.79 Å². The van der Waals surface area contributed by atoms with Gasteiger partial charge in [0.1, 0.15) is 5.54 Å². The van der Waals surface area contributed by atoms with Gasteiger partial charge in [0.25, 0.3) is 0 Å². The fourth-order valence-corrected chi connectivity index (χ4v) is 2.97. The van der Waals surface area contributed by atoms with E-state index in [-0.39, 0.29) is 5.91 Å². The molecule has 1 N–H and O–H groups in total. The first-order valence-electron chi connectivity index (χ1n) is 5.89. The van der Waals surface area contributed by atoms with Crippen LogP contribution >= 0.6 is 11.8 Å². The Morgan fingerprint density at radius 2 is 2.19 bits per heavy atom. The molecule has 1 atom stereocenters. The van der Waals surface area contributed by atoms with Gasteiger partial charge >= 0.3 is 0 Å². The number of nitrogens with zero attached hydrogens (tertiary/aromatic N) is 1. The summed E-state index contributed by atoms with van der Waals surface area (Å²) >= 11 is 1.96. The van der Waals surface area contributed by atoms with E-state index in [9.17, 15) is 4.79 Å². The van der Waals surface area contributed by atoms with E-state index in [1.165, 1.54) is 11.5 Å². The highest BCUT2D eigenvalue weighted by atomic mass is 32.2. The van der Waals surface area contributed by atoms with E-state index in [0.29, 0.717) is 18.8 Å². The highest BCUT2D eigenvalue weighted by molar-refractivity contribution is 7.99. The van der Waals surface area contributed by atoms with E-state index in [1.807, 2.05) is 18.7 Å². The molecule has 0 aromatic rings. The summed E-state index contributed by atoms with van der Waals surface area (Å²) in [6.45, 7) is 3.70. The van der Waals surface area contributed by atoms with Crippen molar-refractivity contribution in [3.63, 3.8) is 0 Å². The molecule has 1 saturated heterocycles. The maximum atomic E-state index is 11.8. The molecule has 1 rings (SSSR count). The summed E-state index contributed by atoms with van der Waals surface area (Å²) in [5, 5.41) is 11.8. The van der Waals surface area contributed by atoms with Gasteiger partial charge in [0.05, 0.1) is 6.07 Å². The Hall–Kier alpha value is -0.690. The molecule has 0 aromatic heterocycles. The topological polar surface area (TPSA) is 52.9 Å². The molecule has 1 unspecified atom stereocenters. The van der Waals surface area contributed by atoms with Crippen LogP contribution in [0.5, 0.6) is 0 Å². The molecule has 0 bridgehead atoms. The average Bonchev–Trinajstić information content (AvgIpc) is 2.30. The number of hydrogen-bond donors (Lipinski definition) is 1. The third-order valence-corrected chi connectivity index (χ3v) is 4.23. The lowest BCUT2D eigenvalue weighted by molar-refractivity contribution is -0.123. The summed E-state index contributed by atoms with van der Waals surface area (Å²) in [7, 11) is 0. The smallest absolute Gasteiger partial charge is 0.221 e. The number of hydrogen-bond acceptors (Lipinski definition) is 3. The van der Waals surface area contributed by atoms with Crippen molar-refractivity contribution in [3.05, 3.63) is 0 Å². The van der Waals surface area contributed by atoms with Gasteiger partial charge in [0, 0.05) is 6.42 Å². The van der Waals surface area contributed by atoms with Gasteiger partial charge in [-0.25, -0.2) is 0 Å². The van der Waals surface area contributed by atoms with Crippen molar-refractivity contribution in [1.29, 1.82) is 5.26 Å². The summed E-state index contributed by atoms with van der Waals surface area (Å²) in [4.78, 5) is 11.8. The van der Waals surface area contributed by atoms with E-state index in [1.54, 1.807) is 6.92 Å². The quantitative estimate of drug-likeness (QED) is 0.820. The molecule has 4 heteroatoms. The van der Waals surface area contributed by atoms with Crippen LogP contribution in [-0.2, 0) is 4.79 Å². The van der Waals surface area contributed by atoms with Crippen molar-refractivity contribution in [2.24, 2.45) is 5.92 Å². The van der Waals surface area contributed by atoms with Crippen molar-refractivity contribution in [2.45, 2.75) is 45.1 Å². The van der Waals surface area contributed by atoms with E-state index in [0.717, 1.165) is 12.8 Å². The van der Waals surface area contributed by atoms with E-state index in [4.69, 9.17) is 5.26 Å². The van der Waals surface area contributed by atoms with Gasteiger partial charge in [-0.05, 0) is 43.6 Å². The monoisotopic (exact) mass is 240 g/mol. The highest BCUT2D eigenvalue weighted by Gasteiger charge is 2.25. The Morgan fingerprint density at radius 3 is 2.69 bits per heavy atom. The van der Waals surface area contributed by atoms with Crippen molar-refractivity contribution in [3.8, 4) is 6.07 Å². The molecule has 1 fully saturated rings. The largest absolute Gasteiger partial charge is 0.338 e. The van der Waals surface area contributed by atoms with Crippen LogP contribution in [0.3, 0.4) is 0 Å². The number of nitriles is 1. The van der Waals surface area contributed by atoms with Crippen LogP contribution in [0.15, 0.2) is 0 Å². The molecule has 0 aliphatic carbocycles. The summed E-state index contributed by atoms with van der Waals surface area (Å²) in [6, 6.07) is 2.16. The Kier molecular flexibility index (Phi) is 5.14. The van der Waals surface area contributed by atoms with Crippen molar-refractivity contribution < 1.29 is 4.79 Å². The zero-order chi connectivity index (χ0) is 12.0. The second-order valence-electron chi connectivity index (χ2n) is 4.61. The zero-order valence-electron chi connectivity index (χ0n) is 10.1. The van der Waals surface area contributed by atoms with Gasteiger partial charge in [-0.15, -0.1) is 0 Å². The molecule has 0 saturated carbocycles. The third-order valence-electron chi connectivity index (χ3n) is 3.18. The number of rotatable bonds is 4. The van der Waals surface area contributed by atoms with Crippen LogP contribution in [0.1, 0.15) is 39.5 Å². The SMILES string of the molecule is CCC(C)(C#N)NC(=O)CC1CCSCC1. The van der Waals surface area contributed by atoms with Gasteiger partial charge in [-0.2, -0.15) is 17.0 Å². The van der Waals surface area contributed by atoms with Crippen molar-refractivity contribution in [1.82, 2.24) is 5.32 Å². The zero-order valence-corrected chi connectivity index (χ0v) is 10.9. The molecule has 0 aromatic carbocycles. The van der Waals surface area contributed by atoms with Crippen LogP contribution < -0.4 is 5.32 Å². The van der Waals surface area contributed by atoms with E-state index in [2.05, 4.69) is 11.4 Å². The number of amides is 1. The highest BCUT2D eigenvalue weighted by Crippen LogP contribution is 2.25. The summed E-state index contributed by atoms with van der Waals surface area (Å²) in [5.41, 5.74) is -0.694. The second-order valence-corrected chi connectivity index (χ2v) is 5.83. The fourth-order valence-electron chi connectivity index (χ4n) is 1.77. The van der Waals surface area contributed by atoms with Gasteiger partial charge < -0.3 is 5.32 Å². The fraction of sp³-hybridized carbons (Fsp3) is 0.833. The minimum absolute atomic E-state index is 0.0304. The molecule has 1 heterocycles. The van der Waals surface area contributed by atoms with Crippen LogP contribution in [0.2, 0.25) is 0 Å². The van der Waals surface area contributed by atoms with E-state index < -0.39 is 5.54 Å². The summed E-state index contributed by atoms with van der Waals surface area (Å²) < 4.78 is 0. The van der Waals surface area contributed by atoms with Gasteiger partial charge in [0.15, 0.2) is 0 Å². The summed E-state index contributed by atoms with van der Waals surface area (Å²) in [5.74, 6) is 2.88. The van der Waals surface area contributed by atoms with Crippen LogP contribution in [0.4, 0.5) is 0 Å². The van der Waals surface area contributed by atoms with Crippen LogP contribution in [0, 0.1) is 17.2 Å². The summed E-state index contributed by atoms with van der Waals surface area (Å²) in [6.07, 6.45) is 3.49. The first-order chi connectivity index (χ1) is 7.59. The molecule has 16 heavy (non-hydrogen) atoms. The average molecular weight is 240 g/mol. The Labute approximate surface area is 102 Å².